The number of nitrogens with two attached hydrogens (primary N) is 1. The van der Waals surface area contributed by atoms with E-state index < -0.39 is 0 Å². The second-order valence-electron chi connectivity index (χ2n) is 6.22. The molecular formula is C17H23N3O. The minimum Gasteiger partial charge on any atom is -0.399 e. The lowest BCUT2D eigenvalue weighted by Gasteiger charge is -2.26. The summed E-state index contributed by atoms with van der Waals surface area (Å²) in [6.07, 6.45) is 6.45. The third-order valence-corrected chi connectivity index (χ3v) is 4.48. The summed E-state index contributed by atoms with van der Waals surface area (Å²) < 4.78 is 0. The molecule has 0 radical (unpaired) electrons. The average molecular weight is 285 g/mol. The van der Waals surface area contributed by atoms with Crippen LogP contribution >= 0.6 is 0 Å². The monoisotopic (exact) mass is 285 g/mol. The number of fused-ring (bicyclic) bond motifs is 1. The summed E-state index contributed by atoms with van der Waals surface area (Å²) >= 11 is 0. The van der Waals surface area contributed by atoms with Crippen LogP contribution in [0.3, 0.4) is 0 Å². The van der Waals surface area contributed by atoms with Crippen molar-refractivity contribution in [3.05, 3.63) is 30.0 Å². The number of hydrogen-bond acceptors (Lipinski definition) is 2. The normalized spacial score (nSPS) is 16.2. The number of hydrogen-bond donors (Lipinski definition) is 2. The zero-order valence-corrected chi connectivity index (χ0v) is 12.6. The molecule has 1 aromatic heterocycles. The van der Waals surface area contributed by atoms with E-state index in [-0.39, 0.29) is 5.91 Å². The molecule has 0 saturated heterocycles. The minimum atomic E-state index is 0.0651. The lowest BCUT2D eigenvalue weighted by Crippen LogP contribution is -2.32. The molecule has 0 spiro atoms. The number of carbonyl (C=O) groups excluding carboxylic acids is 1. The topological polar surface area (TPSA) is 62.1 Å². The van der Waals surface area contributed by atoms with Gasteiger partial charge in [0.05, 0.1) is 0 Å². The first-order valence-electron chi connectivity index (χ1n) is 7.77. The van der Waals surface area contributed by atoms with Gasteiger partial charge < -0.3 is 15.6 Å². The van der Waals surface area contributed by atoms with Crippen LogP contribution in [0.5, 0.6) is 0 Å². The Kier molecular flexibility index (Phi) is 3.86. The summed E-state index contributed by atoms with van der Waals surface area (Å²) in [5.74, 6) is 0.725. The van der Waals surface area contributed by atoms with E-state index in [0.29, 0.717) is 11.6 Å². The van der Waals surface area contributed by atoms with E-state index in [4.69, 9.17) is 5.73 Å². The number of anilines is 1. The summed E-state index contributed by atoms with van der Waals surface area (Å²) in [7, 11) is 1.90. The largest absolute Gasteiger partial charge is 0.399 e. The Labute approximate surface area is 125 Å². The number of carbonyl (C=O) groups is 1. The van der Waals surface area contributed by atoms with Crippen LogP contribution in [0.2, 0.25) is 0 Å². The van der Waals surface area contributed by atoms with E-state index >= 15 is 0 Å². The van der Waals surface area contributed by atoms with Gasteiger partial charge in [-0.25, -0.2) is 0 Å². The van der Waals surface area contributed by atoms with Crippen LogP contribution in [0.4, 0.5) is 5.69 Å². The molecule has 1 amide bonds. The van der Waals surface area contributed by atoms with Gasteiger partial charge >= 0.3 is 0 Å². The highest BCUT2D eigenvalue weighted by molar-refractivity contribution is 5.98. The Morgan fingerprint density at radius 3 is 2.81 bits per heavy atom. The molecule has 1 aromatic carbocycles. The maximum Gasteiger partial charge on any atom is 0.270 e. The molecule has 112 valence electrons. The molecule has 4 nitrogen and oxygen atoms in total. The van der Waals surface area contributed by atoms with Crippen molar-refractivity contribution in [3.63, 3.8) is 0 Å². The fourth-order valence-electron chi connectivity index (χ4n) is 3.31. The van der Waals surface area contributed by atoms with E-state index in [1.165, 1.54) is 32.1 Å². The standard InChI is InChI=1S/C17H23N3O/c1-20(11-12-5-3-2-4-6-12)17(21)16-10-13-9-14(18)7-8-15(13)19-16/h7-10,12,19H,2-6,11,18H2,1H3. The molecule has 0 bridgehead atoms. The van der Waals surface area contributed by atoms with Crippen LogP contribution in [0, 0.1) is 5.92 Å². The Hall–Kier alpha value is -1.97. The predicted octanol–water partition coefficient (Wildman–Crippen LogP) is 3.40. The molecule has 4 heteroatoms. The molecule has 21 heavy (non-hydrogen) atoms. The molecule has 1 heterocycles. The van der Waals surface area contributed by atoms with Crippen LogP contribution < -0.4 is 5.73 Å². The quantitative estimate of drug-likeness (QED) is 0.849. The zero-order valence-electron chi connectivity index (χ0n) is 12.6. The third-order valence-electron chi connectivity index (χ3n) is 4.48. The first-order chi connectivity index (χ1) is 10.1. The number of benzene rings is 1. The predicted molar refractivity (Wildman–Crippen MR) is 86.2 cm³/mol. The van der Waals surface area contributed by atoms with Gasteiger partial charge in [-0.05, 0) is 43.0 Å². The summed E-state index contributed by atoms with van der Waals surface area (Å²) in [5.41, 5.74) is 8.11. The SMILES string of the molecule is CN(CC1CCCCC1)C(=O)c1cc2cc(N)ccc2[nH]1. The number of aromatic nitrogens is 1. The van der Waals surface area contributed by atoms with Crippen molar-refractivity contribution in [2.24, 2.45) is 5.92 Å². The summed E-state index contributed by atoms with van der Waals surface area (Å²) in [5, 5.41) is 0.990. The summed E-state index contributed by atoms with van der Waals surface area (Å²) in [4.78, 5) is 17.6. The van der Waals surface area contributed by atoms with E-state index in [1.807, 2.05) is 36.2 Å². The van der Waals surface area contributed by atoms with Gasteiger partial charge in [-0.2, -0.15) is 0 Å². The van der Waals surface area contributed by atoms with Crippen LogP contribution in [0.25, 0.3) is 10.9 Å². The number of nitrogens with zero attached hydrogens (tertiary/aromatic N) is 1. The van der Waals surface area contributed by atoms with Gasteiger partial charge in [-0.15, -0.1) is 0 Å². The van der Waals surface area contributed by atoms with Gasteiger partial charge in [0.1, 0.15) is 5.69 Å². The first-order valence-corrected chi connectivity index (χ1v) is 7.77. The van der Waals surface area contributed by atoms with Crippen LogP contribution in [-0.4, -0.2) is 29.4 Å². The van der Waals surface area contributed by atoms with Crippen molar-refractivity contribution in [3.8, 4) is 0 Å². The van der Waals surface area contributed by atoms with Crippen molar-refractivity contribution in [2.75, 3.05) is 19.3 Å². The highest BCUT2D eigenvalue weighted by Gasteiger charge is 2.20. The number of rotatable bonds is 3. The smallest absolute Gasteiger partial charge is 0.270 e. The molecule has 0 aliphatic heterocycles. The maximum atomic E-state index is 12.5. The number of amides is 1. The molecule has 2 aromatic rings. The Balaban J connectivity index is 1.72. The van der Waals surface area contributed by atoms with Gasteiger partial charge in [-0.1, -0.05) is 19.3 Å². The van der Waals surface area contributed by atoms with Crippen molar-refractivity contribution < 1.29 is 4.79 Å². The van der Waals surface area contributed by atoms with Gasteiger partial charge in [0.25, 0.3) is 5.91 Å². The van der Waals surface area contributed by atoms with Crippen LogP contribution in [0.1, 0.15) is 42.6 Å². The lowest BCUT2D eigenvalue weighted by atomic mass is 9.89. The second kappa shape index (κ2) is 5.80. The summed E-state index contributed by atoms with van der Waals surface area (Å²) in [6.45, 7) is 0.857. The van der Waals surface area contributed by atoms with Gasteiger partial charge in [0.15, 0.2) is 0 Å². The number of H-pyrrole nitrogens is 1. The molecule has 1 fully saturated rings. The van der Waals surface area contributed by atoms with Gasteiger partial charge in [0, 0.05) is 30.2 Å². The average Bonchev–Trinajstić information content (AvgIpc) is 2.90. The molecule has 1 aliphatic rings. The molecule has 3 N–H and O–H groups in total. The van der Waals surface area contributed by atoms with Crippen molar-refractivity contribution >= 4 is 22.5 Å². The van der Waals surface area contributed by atoms with Crippen LogP contribution in [0.15, 0.2) is 24.3 Å². The van der Waals surface area contributed by atoms with Crippen LogP contribution in [-0.2, 0) is 0 Å². The number of aromatic amines is 1. The number of nitrogen functional groups attached to an aromatic ring is 1. The second-order valence-corrected chi connectivity index (χ2v) is 6.22. The first kappa shape index (κ1) is 14.0. The Morgan fingerprint density at radius 2 is 2.05 bits per heavy atom. The van der Waals surface area contributed by atoms with Crippen molar-refractivity contribution in [1.82, 2.24) is 9.88 Å². The fourth-order valence-corrected chi connectivity index (χ4v) is 3.31. The molecule has 3 rings (SSSR count). The summed E-state index contributed by atoms with van der Waals surface area (Å²) in [6, 6.07) is 7.55. The van der Waals surface area contributed by atoms with Gasteiger partial charge in [-0.3, -0.25) is 4.79 Å². The molecule has 0 atom stereocenters. The van der Waals surface area contributed by atoms with E-state index in [2.05, 4.69) is 4.98 Å². The highest BCUT2D eigenvalue weighted by Crippen LogP contribution is 2.25. The molecule has 1 aliphatic carbocycles. The maximum absolute atomic E-state index is 12.5. The van der Waals surface area contributed by atoms with Crippen molar-refractivity contribution in [1.29, 1.82) is 0 Å². The molecular weight excluding hydrogens is 262 g/mol. The number of nitrogens with one attached hydrogen (secondary N) is 1. The van der Waals surface area contributed by atoms with E-state index in [1.54, 1.807) is 0 Å². The third kappa shape index (κ3) is 3.04. The highest BCUT2D eigenvalue weighted by atomic mass is 16.2. The molecule has 0 unspecified atom stereocenters. The lowest BCUT2D eigenvalue weighted by molar-refractivity contribution is 0.0755. The zero-order chi connectivity index (χ0) is 14.8. The minimum absolute atomic E-state index is 0.0651. The van der Waals surface area contributed by atoms with Crippen molar-refractivity contribution in [2.45, 2.75) is 32.1 Å². The van der Waals surface area contributed by atoms with Gasteiger partial charge in [0.2, 0.25) is 0 Å². The Bertz CT molecular complexity index is 641. The molecule has 1 saturated carbocycles. The van der Waals surface area contributed by atoms with E-state index in [9.17, 15) is 4.79 Å². The fraction of sp³-hybridized carbons (Fsp3) is 0.471. The van der Waals surface area contributed by atoms with E-state index in [0.717, 1.165) is 23.1 Å². The Morgan fingerprint density at radius 1 is 1.29 bits per heavy atom.